The number of nitrogens with two attached hydrogens (primary N) is 1. The first-order chi connectivity index (χ1) is 13.1. The fraction of sp³-hybridized carbons (Fsp3) is 0.571. The van der Waals surface area contributed by atoms with E-state index in [1.54, 1.807) is 0 Å². The van der Waals surface area contributed by atoms with Crippen molar-refractivity contribution in [3.63, 3.8) is 0 Å². The van der Waals surface area contributed by atoms with E-state index in [4.69, 9.17) is 5.73 Å². The number of benzene rings is 1. The molecule has 1 saturated carbocycles. The average Bonchev–Trinajstić information content (AvgIpc) is 2.78. The van der Waals surface area contributed by atoms with Gasteiger partial charge in [0.1, 0.15) is 12.1 Å². The third-order valence-electron chi connectivity index (χ3n) is 5.64. The SMILES string of the molecule is CC1CC(C)(C)CC2(C1)NC(=O)N(CC(=O)NCCc1ccc(N)cc1)C2=O. The largest absolute Gasteiger partial charge is 0.399 e. The van der Waals surface area contributed by atoms with E-state index in [-0.39, 0.29) is 23.8 Å². The fourth-order valence-electron chi connectivity index (χ4n) is 4.88. The number of nitrogens with one attached hydrogen (secondary N) is 2. The van der Waals surface area contributed by atoms with Crippen molar-refractivity contribution in [3.05, 3.63) is 29.8 Å². The van der Waals surface area contributed by atoms with Crippen molar-refractivity contribution in [1.82, 2.24) is 15.5 Å². The normalized spacial score (nSPS) is 26.4. The van der Waals surface area contributed by atoms with Crippen LogP contribution in [0.25, 0.3) is 0 Å². The number of nitrogens with zero attached hydrogens (tertiary/aromatic N) is 1. The van der Waals surface area contributed by atoms with Crippen LogP contribution >= 0.6 is 0 Å². The lowest BCUT2D eigenvalue weighted by atomic mass is 9.64. The summed E-state index contributed by atoms with van der Waals surface area (Å²) < 4.78 is 0. The van der Waals surface area contributed by atoms with Crippen LogP contribution in [-0.2, 0) is 16.0 Å². The molecule has 0 radical (unpaired) electrons. The van der Waals surface area contributed by atoms with Crippen molar-refractivity contribution in [3.8, 4) is 0 Å². The molecule has 4 amide bonds. The number of carbonyl (C=O) groups is 3. The summed E-state index contributed by atoms with van der Waals surface area (Å²) in [5.74, 6) is -0.272. The van der Waals surface area contributed by atoms with Crippen molar-refractivity contribution in [2.45, 2.75) is 52.0 Å². The van der Waals surface area contributed by atoms with Crippen LogP contribution in [0, 0.1) is 11.3 Å². The van der Waals surface area contributed by atoms with Crippen LogP contribution in [0.2, 0.25) is 0 Å². The Balaban J connectivity index is 1.56. The van der Waals surface area contributed by atoms with Gasteiger partial charge in [-0.1, -0.05) is 32.9 Å². The molecule has 3 rings (SSSR count). The van der Waals surface area contributed by atoms with Crippen LogP contribution in [0.5, 0.6) is 0 Å². The highest BCUT2D eigenvalue weighted by atomic mass is 16.2. The zero-order chi connectivity index (χ0) is 20.5. The predicted octanol–water partition coefficient (Wildman–Crippen LogP) is 2.06. The molecule has 1 aliphatic heterocycles. The van der Waals surface area contributed by atoms with E-state index in [0.29, 0.717) is 37.4 Å². The quantitative estimate of drug-likeness (QED) is 0.532. The monoisotopic (exact) mass is 386 g/mol. The van der Waals surface area contributed by atoms with E-state index in [9.17, 15) is 14.4 Å². The first-order valence-electron chi connectivity index (χ1n) is 9.85. The van der Waals surface area contributed by atoms with Gasteiger partial charge in [-0.05, 0) is 54.7 Å². The van der Waals surface area contributed by atoms with Gasteiger partial charge in [0.05, 0.1) is 0 Å². The Labute approximate surface area is 166 Å². The first-order valence-corrected chi connectivity index (χ1v) is 9.85. The topological polar surface area (TPSA) is 105 Å². The minimum atomic E-state index is -0.873. The molecule has 4 N–H and O–H groups in total. The molecule has 1 saturated heterocycles. The molecule has 1 aromatic carbocycles. The maximum Gasteiger partial charge on any atom is 0.325 e. The van der Waals surface area contributed by atoms with Crippen molar-refractivity contribution in [2.75, 3.05) is 18.8 Å². The standard InChI is InChI=1S/C21H30N4O3/c1-14-10-20(2,3)13-21(11-14)18(27)25(19(28)24-21)12-17(26)23-9-8-15-4-6-16(22)7-5-15/h4-7,14H,8-13,22H2,1-3H3,(H,23,26)(H,24,28). The Kier molecular flexibility index (Phi) is 5.37. The van der Waals surface area contributed by atoms with Gasteiger partial charge in [-0.15, -0.1) is 0 Å². The Morgan fingerprint density at radius 2 is 1.93 bits per heavy atom. The molecule has 2 unspecified atom stereocenters. The molecule has 0 aromatic heterocycles. The third-order valence-corrected chi connectivity index (χ3v) is 5.64. The third kappa shape index (κ3) is 4.29. The second-order valence-corrected chi connectivity index (χ2v) is 9.10. The first kappa shape index (κ1) is 20.2. The van der Waals surface area contributed by atoms with E-state index in [0.717, 1.165) is 16.9 Å². The Morgan fingerprint density at radius 3 is 2.57 bits per heavy atom. The summed E-state index contributed by atoms with van der Waals surface area (Å²) in [6, 6.07) is 6.99. The van der Waals surface area contributed by atoms with E-state index in [1.807, 2.05) is 24.3 Å². The minimum absolute atomic E-state index is 0.0298. The number of hydrogen-bond donors (Lipinski definition) is 3. The summed E-state index contributed by atoms with van der Waals surface area (Å²) in [6.07, 6.45) is 2.89. The molecule has 2 atom stereocenters. The van der Waals surface area contributed by atoms with Gasteiger partial charge in [0.2, 0.25) is 5.91 Å². The number of imide groups is 1. The molecule has 1 aromatic rings. The number of rotatable bonds is 5. The van der Waals surface area contributed by atoms with Crippen LogP contribution in [0.3, 0.4) is 0 Å². The zero-order valence-corrected chi connectivity index (χ0v) is 16.9. The van der Waals surface area contributed by atoms with E-state index >= 15 is 0 Å². The number of carbonyl (C=O) groups excluding carboxylic acids is 3. The zero-order valence-electron chi connectivity index (χ0n) is 16.9. The molecule has 2 fully saturated rings. The molecule has 0 bridgehead atoms. The molecular formula is C21H30N4O3. The molecule has 1 heterocycles. The highest BCUT2D eigenvalue weighted by Crippen LogP contribution is 2.46. The number of amides is 4. The summed E-state index contributed by atoms with van der Waals surface area (Å²) in [4.78, 5) is 38.8. The Bertz CT molecular complexity index is 774. The van der Waals surface area contributed by atoms with Crippen LogP contribution in [0.4, 0.5) is 10.5 Å². The fourth-order valence-corrected chi connectivity index (χ4v) is 4.88. The van der Waals surface area contributed by atoms with Crippen molar-refractivity contribution in [1.29, 1.82) is 0 Å². The van der Waals surface area contributed by atoms with Gasteiger partial charge >= 0.3 is 6.03 Å². The maximum absolute atomic E-state index is 13.0. The van der Waals surface area contributed by atoms with Gasteiger partial charge in [0.25, 0.3) is 5.91 Å². The summed E-state index contributed by atoms with van der Waals surface area (Å²) in [5.41, 5.74) is 6.51. The lowest BCUT2D eigenvalue weighted by Crippen LogP contribution is -2.54. The number of anilines is 1. The summed E-state index contributed by atoms with van der Waals surface area (Å²) in [5, 5.41) is 5.68. The van der Waals surface area contributed by atoms with Crippen molar-refractivity contribution < 1.29 is 14.4 Å². The van der Waals surface area contributed by atoms with E-state index in [2.05, 4.69) is 31.4 Å². The van der Waals surface area contributed by atoms with E-state index in [1.165, 1.54) is 0 Å². The summed E-state index contributed by atoms with van der Waals surface area (Å²) in [7, 11) is 0. The van der Waals surface area contributed by atoms with E-state index < -0.39 is 11.6 Å². The van der Waals surface area contributed by atoms with Crippen LogP contribution in [0.15, 0.2) is 24.3 Å². The van der Waals surface area contributed by atoms with Crippen LogP contribution in [-0.4, -0.2) is 41.4 Å². The van der Waals surface area contributed by atoms with Gasteiger partial charge < -0.3 is 16.4 Å². The molecule has 1 aliphatic carbocycles. The van der Waals surface area contributed by atoms with Gasteiger partial charge in [-0.2, -0.15) is 0 Å². The van der Waals surface area contributed by atoms with Crippen LogP contribution in [0.1, 0.15) is 45.6 Å². The van der Waals surface area contributed by atoms with Crippen LogP contribution < -0.4 is 16.4 Å². The molecule has 2 aliphatic rings. The van der Waals surface area contributed by atoms with Gasteiger partial charge in [0.15, 0.2) is 0 Å². The minimum Gasteiger partial charge on any atom is -0.399 e. The van der Waals surface area contributed by atoms with Crippen molar-refractivity contribution in [2.24, 2.45) is 11.3 Å². The highest BCUT2D eigenvalue weighted by Gasteiger charge is 2.56. The molecular weight excluding hydrogens is 356 g/mol. The predicted molar refractivity (Wildman–Crippen MR) is 107 cm³/mol. The second-order valence-electron chi connectivity index (χ2n) is 9.10. The second kappa shape index (κ2) is 7.45. The average molecular weight is 386 g/mol. The highest BCUT2D eigenvalue weighted by molar-refractivity contribution is 6.09. The molecule has 28 heavy (non-hydrogen) atoms. The molecule has 152 valence electrons. The maximum atomic E-state index is 13.0. The van der Waals surface area contributed by atoms with Gasteiger partial charge in [-0.3, -0.25) is 14.5 Å². The lowest BCUT2D eigenvalue weighted by Gasteiger charge is -2.43. The molecule has 1 spiro atoms. The van der Waals surface area contributed by atoms with Gasteiger partial charge in [-0.25, -0.2) is 4.79 Å². The number of urea groups is 1. The number of hydrogen-bond acceptors (Lipinski definition) is 4. The molecule has 7 nitrogen and oxygen atoms in total. The Hall–Kier alpha value is -2.57. The smallest absolute Gasteiger partial charge is 0.325 e. The van der Waals surface area contributed by atoms with Gasteiger partial charge in [0, 0.05) is 12.2 Å². The summed E-state index contributed by atoms with van der Waals surface area (Å²) >= 11 is 0. The lowest BCUT2D eigenvalue weighted by molar-refractivity contribution is -0.137. The molecule has 7 heteroatoms. The summed E-state index contributed by atoms with van der Waals surface area (Å²) in [6.45, 7) is 6.53. The Morgan fingerprint density at radius 1 is 1.25 bits per heavy atom. The van der Waals surface area contributed by atoms with Crippen molar-refractivity contribution >= 4 is 23.5 Å². The number of nitrogen functional groups attached to an aromatic ring is 1.